The minimum atomic E-state index is -1.19. The molecule has 0 aliphatic carbocycles. The molecular weight excluding hydrogens is 326 g/mol. The molecule has 0 bridgehead atoms. The van der Waals surface area contributed by atoms with Crippen molar-refractivity contribution in [2.75, 3.05) is 13.2 Å². The third kappa shape index (κ3) is 5.22. The van der Waals surface area contributed by atoms with E-state index < -0.39 is 37.1 Å². The summed E-state index contributed by atoms with van der Waals surface area (Å²) in [5.74, 6) is -0.434. The second-order valence-corrected chi connectivity index (χ2v) is 6.32. The highest BCUT2D eigenvalue weighted by Crippen LogP contribution is 2.25. The Hall–Kier alpha value is -1.54. The maximum Gasteiger partial charge on any atom is 0.344 e. The number of ether oxygens (including phenoxy) is 2. The number of unbranched alkanes of at least 4 members (excludes halogenated alkanes) is 4. The van der Waals surface area contributed by atoms with Gasteiger partial charge in [0, 0.05) is 6.07 Å². The summed E-state index contributed by atoms with van der Waals surface area (Å²) in [6.07, 6.45) is 4.44. The van der Waals surface area contributed by atoms with E-state index in [9.17, 15) is 15.0 Å². The number of hydrogen-bond acceptors (Lipinski definition) is 6. The van der Waals surface area contributed by atoms with Gasteiger partial charge in [-0.05, 0) is 12.5 Å². The maximum atomic E-state index is 12.1. The van der Waals surface area contributed by atoms with Gasteiger partial charge in [-0.3, -0.25) is 0 Å². The molecule has 3 N–H and O–H groups in total. The van der Waals surface area contributed by atoms with Crippen molar-refractivity contribution < 1.29 is 34.2 Å². The first kappa shape index (κ1) is 19.8. The normalized spacial score (nSPS) is 25.9. The Morgan fingerprint density at radius 1 is 1.24 bits per heavy atom. The van der Waals surface area contributed by atoms with Crippen molar-refractivity contribution in [1.29, 1.82) is 0 Å². The molecule has 0 amide bonds. The van der Waals surface area contributed by atoms with Crippen LogP contribution in [0.1, 0.15) is 55.6 Å². The molecule has 140 valence electrons. The van der Waals surface area contributed by atoms with Crippen molar-refractivity contribution >= 4 is 5.97 Å². The molecule has 2 heterocycles. The second kappa shape index (κ2) is 9.82. The Balaban J connectivity index is 1.91. The van der Waals surface area contributed by atoms with Crippen LogP contribution in [0.25, 0.3) is 0 Å². The van der Waals surface area contributed by atoms with Gasteiger partial charge in [0.25, 0.3) is 6.23 Å². The SMILES string of the molecule is CCCCCCCOC(=O)c1ccc[n+]([C@@H]2O[C@H](CO)[C@@H](O)[C@H]2O)c1. The van der Waals surface area contributed by atoms with E-state index in [4.69, 9.17) is 14.6 Å². The highest BCUT2D eigenvalue weighted by molar-refractivity contribution is 5.88. The molecule has 1 aliphatic rings. The van der Waals surface area contributed by atoms with Gasteiger partial charge in [0.2, 0.25) is 0 Å². The number of aliphatic hydroxyl groups excluding tert-OH is 3. The van der Waals surface area contributed by atoms with Gasteiger partial charge in [-0.25, -0.2) is 4.79 Å². The number of aromatic nitrogens is 1. The molecular formula is C18H28NO6+. The third-order valence-electron chi connectivity index (χ3n) is 4.35. The van der Waals surface area contributed by atoms with Crippen LogP contribution < -0.4 is 4.57 Å². The van der Waals surface area contributed by atoms with Crippen molar-refractivity contribution in [3.05, 3.63) is 30.1 Å². The lowest BCUT2D eigenvalue weighted by Gasteiger charge is -2.10. The van der Waals surface area contributed by atoms with E-state index in [1.807, 2.05) is 0 Å². The molecule has 25 heavy (non-hydrogen) atoms. The molecule has 7 nitrogen and oxygen atoms in total. The van der Waals surface area contributed by atoms with Crippen molar-refractivity contribution in [1.82, 2.24) is 0 Å². The third-order valence-corrected chi connectivity index (χ3v) is 4.35. The molecule has 2 rings (SSSR count). The molecule has 0 unspecified atom stereocenters. The van der Waals surface area contributed by atoms with Gasteiger partial charge in [-0.2, -0.15) is 4.57 Å². The number of aliphatic hydroxyl groups is 3. The molecule has 0 radical (unpaired) electrons. The first-order valence-corrected chi connectivity index (χ1v) is 8.88. The van der Waals surface area contributed by atoms with Gasteiger partial charge in [-0.15, -0.1) is 0 Å². The molecule has 0 saturated carbocycles. The van der Waals surface area contributed by atoms with Crippen LogP contribution in [0.15, 0.2) is 24.5 Å². The number of rotatable bonds is 9. The van der Waals surface area contributed by atoms with Gasteiger partial charge in [0.05, 0.1) is 13.2 Å². The average Bonchev–Trinajstić information content (AvgIpc) is 2.92. The van der Waals surface area contributed by atoms with Crippen LogP contribution >= 0.6 is 0 Å². The topological polar surface area (TPSA) is 100 Å². The van der Waals surface area contributed by atoms with Crippen molar-refractivity contribution in [2.45, 2.75) is 63.6 Å². The van der Waals surface area contributed by atoms with Crippen LogP contribution in [0, 0.1) is 0 Å². The minimum Gasteiger partial charge on any atom is -0.462 e. The van der Waals surface area contributed by atoms with Crippen molar-refractivity contribution in [3.63, 3.8) is 0 Å². The fourth-order valence-corrected chi connectivity index (χ4v) is 2.85. The zero-order chi connectivity index (χ0) is 18.2. The zero-order valence-electron chi connectivity index (χ0n) is 14.6. The lowest BCUT2D eigenvalue weighted by Crippen LogP contribution is -2.46. The smallest absolute Gasteiger partial charge is 0.344 e. The summed E-state index contributed by atoms with van der Waals surface area (Å²) >= 11 is 0. The number of pyridine rings is 1. The summed E-state index contributed by atoms with van der Waals surface area (Å²) in [5, 5.41) is 29.1. The lowest BCUT2D eigenvalue weighted by molar-refractivity contribution is -0.765. The van der Waals surface area contributed by atoms with Crippen LogP contribution in [-0.2, 0) is 9.47 Å². The number of hydrogen-bond donors (Lipinski definition) is 3. The summed E-state index contributed by atoms with van der Waals surface area (Å²) in [7, 11) is 0. The minimum absolute atomic E-state index is 0.341. The van der Waals surface area contributed by atoms with Gasteiger partial charge < -0.3 is 24.8 Å². The maximum absolute atomic E-state index is 12.1. The zero-order valence-corrected chi connectivity index (χ0v) is 14.6. The van der Waals surface area contributed by atoms with E-state index in [2.05, 4.69) is 6.92 Å². The Morgan fingerprint density at radius 2 is 2.00 bits per heavy atom. The largest absolute Gasteiger partial charge is 0.462 e. The summed E-state index contributed by atoms with van der Waals surface area (Å²) in [6.45, 7) is 2.14. The predicted molar refractivity (Wildman–Crippen MR) is 88.7 cm³/mol. The molecule has 4 atom stereocenters. The highest BCUT2D eigenvalue weighted by atomic mass is 16.6. The monoisotopic (exact) mass is 354 g/mol. The molecule has 0 aromatic carbocycles. The van der Waals surface area contributed by atoms with Crippen LogP contribution in [0.5, 0.6) is 0 Å². The molecule has 1 aromatic heterocycles. The second-order valence-electron chi connectivity index (χ2n) is 6.32. The van der Waals surface area contributed by atoms with E-state index in [1.165, 1.54) is 23.6 Å². The van der Waals surface area contributed by atoms with Crippen LogP contribution in [0.2, 0.25) is 0 Å². The first-order valence-electron chi connectivity index (χ1n) is 8.88. The van der Waals surface area contributed by atoms with Crippen LogP contribution in [-0.4, -0.2) is 52.8 Å². The van der Waals surface area contributed by atoms with E-state index in [-0.39, 0.29) is 0 Å². The molecule has 0 spiro atoms. The molecule has 1 aliphatic heterocycles. The summed E-state index contributed by atoms with van der Waals surface area (Å²) < 4.78 is 12.2. The number of esters is 1. The van der Waals surface area contributed by atoms with E-state index in [1.54, 1.807) is 18.3 Å². The summed E-state index contributed by atoms with van der Waals surface area (Å²) in [5.41, 5.74) is 0.341. The van der Waals surface area contributed by atoms with Crippen LogP contribution in [0.4, 0.5) is 0 Å². The van der Waals surface area contributed by atoms with Gasteiger partial charge in [0.1, 0.15) is 17.8 Å². The van der Waals surface area contributed by atoms with Crippen molar-refractivity contribution in [2.24, 2.45) is 0 Å². The Bertz CT molecular complexity index is 552. The van der Waals surface area contributed by atoms with Gasteiger partial charge in [-0.1, -0.05) is 32.6 Å². The Labute approximate surface area is 147 Å². The van der Waals surface area contributed by atoms with E-state index in [0.29, 0.717) is 12.2 Å². The Kier molecular flexibility index (Phi) is 7.77. The molecule has 1 saturated heterocycles. The van der Waals surface area contributed by atoms with Gasteiger partial charge in [0.15, 0.2) is 18.5 Å². The fraction of sp³-hybridized carbons (Fsp3) is 0.667. The van der Waals surface area contributed by atoms with Crippen LogP contribution in [0.3, 0.4) is 0 Å². The Morgan fingerprint density at radius 3 is 2.68 bits per heavy atom. The summed E-state index contributed by atoms with van der Waals surface area (Å²) in [4.78, 5) is 12.1. The van der Waals surface area contributed by atoms with E-state index >= 15 is 0 Å². The standard InChI is InChI=1S/C18H28NO6/c1-2-3-4-5-6-10-24-18(23)13-8-7-9-19(11-13)17-16(22)15(21)14(12-20)25-17/h7-9,11,14-17,20-22H,2-6,10,12H2,1H3/q+1/t14-,15-,16-,17-/m1/s1. The van der Waals surface area contributed by atoms with Crippen molar-refractivity contribution in [3.8, 4) is 0 Å². The molecule has 1 aromatic rings. The summed E-state index contributed by atoms with van der Waals surface area (Å²) in [6, 6.07) is 3.27. The first-order chi connectivity index (χ1) is 12.1. The lowest BCUT2D eigenvalue weighted by atomic mass is 10.1. The number of carbonyl (C=O) groups excluding carboxylic acids is 1. The van der Waals surface area contributed by atoms with Gasteiger partial charge >= 0.3 is 5.97 Å². The van der Waals surface area contributed by atoms with E-state index in [0.717, 1.165) is 19.3 Å². The molecule has 1 fully saturated rings. The predicted octanol–water partition coefficient (Wildman–Crippen LogP) is 0.713. The molecule has 7 heteroatoms. The highest BCUT2D eigenvalue weighted by Gasteiger charge is 2.48. The number of nitrogens with zero attached hydrogens (tertiary/aromatic N) is 1. The number of carbonyl (C=O) groups is 1. The quantitative estimate of drug-likeness (QED) is 0.343. The average molecular weight is 354 g/mol. The fourth-order valence-electron chi connectivity index (χ4n) is 2.85.